The number of carbonyl (C=O) groups is 4. The summed E-state index contributed by atoms with van der Waals surface area (Å²) in [5.41, 5.74) is -0.583. The number of amides is 6. The van der Waals surface area contributed by atoms with Gasteiger partial charge in [-0.05, 0) is 24.6 Å². The Morgan fingerprint density at radius 2 is 2.08 bits per heavy atom. The molecule has 9 nitrogen and oxygen atoms in total. The lowest BCUT2D eigenvalue weighted by molar-refractivity contribution is -0.137. The van der Waals surface area contributed by atoms with Crippen molar-refractivity contribution in [2.45, 2.75) is 12.5 Å². The Hall–Kier alpha value is -3.41. The number of urea groups is 2. The first-order chi connectivity index (χ1) is 11.9. The maximum absolute atomic E-state index is 12.8. The highest BCUT2D eigenvalue weighted by molar-refractivity contribution is 6.10. The molecule has 0 aromatic heterocycles. The summed E-state index contributed by atoms with van der Waals surface area (Å²) in [4.78, 5) is 50.5. The molecule has 1 aromatic rings. The minimum atomic E-state index is -1.38. The van der Waals surface area contributed by atoms with E-state index in [0.29, 0.717) is 17.7 Å². The fraction of sp³-hybridized carbons (Fsp3) is 0.312. The summed E-state index contributed by atoms with van der Waals surface area (Å²) in [5.74, 6) is -1.24. The number of nitriles is 1. The Morgan fingerprint density at radius 3 is 2.72 bits per heavy atom. The first kappa shape index (κ1) is 16.4. The van der Waals surface area contributed by atoms with Gasteiger partial charge in [0, 0.05) is 13.1 Å². The SMILES string of the molecule is CC1(c2cccc(C#N)c2)NC(=O)N(CC(=O)N2CCNC2=O)C1=O. The number of nitrogens with zero attached hydrogens (tertiary/aromatic N) is 3. The van der Waals surface area contributed by atoms with Gasteiger partial charge >= 0.3 is 12.1 Å². The van der Waals surface area contributed by atoms with Crippen LogP contribution in [0.1, 0.15) is 18.1 Å². The van der Waals surface area contributed by atoms with Crippen molar-refractivity contribution in [1.82, 2.24) is 20.4 Å². The monoisotopic (exact) mass is 341 g/mol. The van der Waals surface area contributed by atoms with E-state index in [-0.39, 0.29) is 6.54 Å². The summed E-state index contributed by atoms with van der Waals surface area (Å²) in [6.45, 7) is 1.52. The number of nitrogens with one attached hydrogen (secondary N) is 2. The van der Waals surface area contributed by atoms with Crippen molar-refractivity contribution in [3.63, 3.8) is 0 Å². The van der Waals surface area contributed by atoms with E-state index in [1.807, 2.05) is 6.07 Å². The minimum absolute atomic E-state index is 0.197. The van der Waals surface area contributed by atoms with Crippen LogP contribution in [-0.4, -0.2) is 53.3 Å². The molecule has 2 saturated heterocycles. The Morgan fingerprint density at radius 1 is 1.32 bits per heavy atom. The lowest BCUT2D eigenvalue weighted by Gasteiger charge is -2.22. The van der Waals surface area contributed by atoms with Gasteiger partial charge in [0.2, 0.25) is 0 Å². The second kappa shape index (κ2) is 5.90. The minimum Gasteiger partial charge on any atom is -0.336 e. The predicted molar refractivity (Wildman–Crippen MR) is 83.9 cm³/mol. The number of benzene rings is 1. The van der Waals surface area contributed by atoms with E-state index in [0.717, 1.165) is 9.80 Å². The number of imide groups is 2. The summed E-state index contributed by atoms with van der Waals surface area (Å²) < 4.78 is 0. The lowest BCUT2D eigenvalue weighted by Crippen LogP contribution is -2.45. The molecule has 25 heavy (non-hydrogen) atoms. The topological polar surface area (TPSA) is 123 Å². The summed E-state index contributed by atoms with van der Waals surface area (Å²) in [6, 6.07) is 7.05. The molecule has 2 N–H and O–H groups in total. The summed E-state index contributed by atoms with van der Waals surface area (Å²) >= 11 is 0. The molecule has 2 fully saturated rings. The van der Waals surface area contributed by atoms with Crippen molar-refractivity contribution in [3.8, 4) is 6.07 Å². The van der Waals surface area contributed by atoms with Crippen LogP contribution in [0.3, 0.4) is 0 Å². The third-order valence-electron chi connectivity index (χ3n) is 4.30. The first-order valence-corrected chi connectivity index (χ1v) is 7.60. The van der Waals surface area contributed by atoms with E-state index in [1.165, 1.54) is 13.0 Å². The van der Waals surface area contributed by atoms with E-state index in [9.17, 15) is 19.2 Å². The van der Waals surface area contributed by atoms with Crippen molar-refractivity contribution < 1.29 is 19.2 Å². The molecule has 3 rings (SSSR count). The molecule has 1 aromatic carbocycles. The van der Waals surface area contributed by atoms with Crippen molar-refractivity contribution in [2.24, 2.45) is 0 Å². The fourth-order valence-corrected chi connectivity index (χ4v) is 2.87. The van der Waals surface area contributed by atoms with Gasteiger partial charge in [0.1, 0.15) is 12.1 Å². The molecule has 0 spiro atoms. The number of hydrogen-bond donors (Lipinski definition) is 2. The van der Waals surface area contributed by atoms with Gasteiger partial charge in [-0.15, -0.1) is 0 Å². The van der Waals surface area contributed by atoms with Crippen LogP contribution in [0.15, 0.2) is 24.3 Å². The molecule has 2 aliphatic heterocycles. The average molecular weight is 341 g/mol. The molecule has 2 heterocycles. The average Bonchev–Trinajstić information content (AvgIpc) is 3.12. The van der Waals surface area contributed by atoms with Crippen molar-refractivity contribution in [3.05, 3.63) is 35.4 Å². The van der Waals surface area contributed by atoms with Crippen LogP contribution in [-0.2, 0) is 15.1 Å². The van der Waals surface area contributed by atoms with E-state index in [1.54, 1.807) is 18.2 Å². The van der Waals surface area contributed by atoms with E-state index in [2.05, 4.69) is 10.6 Å². The van der Waals surface area contributed by atoms with Crippen LogP contribution >= 0.6 is 0 Å². The summed E-state index contributed by atoms with van der Waals surface area (Å²) in [6.07, 6.45) is 0. The standard InChI is InChI=1S/C16H15N5O4/c1-16(11-4-2-3-10(7-11)8-17)13(23)21(15(25)19-16)9-12(22)20-6-5-18-14(20)24/h2-4,7H,5-6,9H2,1H3,(H,18,24)(H,19,25). The summed E-state index contributed by atoms with van der Waals surface area (Å²) in [7, 11) is 0. The highest BCUT2D eigenvalue weighted by Gasteiger charge is 2.50. The Balaban J connectivity index is 1.83. The normalized spacial score (nSPS) is 22.6. The van der Waals surface area contributed by atoms with Gasteiger partial charge in [-0.1, -0.05) is 12.1 Å². The van der Waals surface area contributed by atoms with E-state index >= 15 is 0 Å². The van der Waals surface area contributed by atoms with Crippen LogP contribution in [0.25, 0.3) is 0 Å². The van der Waals surface area contributed by atoms with Gasteiger partial charge < -0.3 is 10.6 Å². The molecule has 0 radical (unpaired) electrons. The quantitative estimate of drug-likeness (QED) is 0.742. The van der Waals surface area contributed by atoms with Crippen molar-refractivity contribution in [2.75, 3.05) is 19.6 Å². The second-order valence-corrected chi connectivity index (χ2v) is 5.92. The zero-order chi connectivity index (χ0) is 18.2. The van der Waals surface area contributed by atoms with Crippen LogP contribution in [0, 0.1) is 11.3 Å². The van der Waals surface area contributed by atoms with Gasteiger partial charge in [-0.25, -0.2) is 9.59 Å². The zero-order valence-electron chi connectivity index (χ0n) is 13.4. The molecule has 1 atom stereocenters. The molecule has 6 amide bonds. The van der Waals surface area contributed by atoms with Gasteiger partial charge in [0.15, 0.2) is 0 Å². The molecular weight excluding hydrogens is 326 g/mol. The maximum atomic E-state index is 12.8. The van der Waals surface area contributed by atoms with Crippen LogP contribution in [0.5, 0.6) is 0 Å². The molecular formula is C16H15N5O4. The Labute approximate surface area is 143 Å². The zero-order valence-corrected chi connectivity index (χ0v) is 13.4. The highest BCUT2D eigenvalue weighted by atomic mass is 16.2. The number of carbonyl (C=O) groups excluding carboxylic acids is 4. The second-order valence-electron chi connectivity index (χ2n) is 5.92. The highest BCUT2D eigenvalue weighted by Crippen LogP contribution is 2.29. The molecule has 1 unspecified atom stereocenters. The third-order valence-corrected chi connectivity index (χ3v) is 4.30. The molecule has 0 aliphatic carbocycles. The van der Waals surface area contributed by atoms with Crippen molar-refractivity contribution >= 4 is 23.9 Å². The van der Waals surface area contributed by atoms with Gasteiger partial charge in [0.25, 0.3) is 11.8 Å². The summed E-state index contributed by atoms with van der Waals surface area (Å²) in [5, 5.41) is 14.0. The van der Waals surface area contributed by atoms with Gasteiger partial charge in [-0.2, -0.15) is 5.26 Å². The lowest BCUT2D eigenvalue weighted by atomic mass is 9.91. The van der Waals surface area contributed by atoms with Crippen LogP contribution < -0.4 is 10.6 Å². The largest absolute Gasteiger partial charge is 0.336 e. The van der Waals surface area contributed by atoms with E-state index in [4.69, 9.17) is 5.26 Å². The van der Waals surface area contributed by atoms with Crippen LogP contribution in [0.2, 0.25) is 0 Å². The molecule has 2 aliphatic rings. The first-order valence-electron chi connectivity index (χ1n) is 7.60. The Kier molecular flexibility index (Phi) is 3.88. The Bertz CT molecular complexity index is 830. The molecule has 0 bridgehead atoms. The molecule has 0 saturated carbocycles. The smallest absolute Gasteiger partial charge is 0.325 e. The van der Waals surface area contributed by atoms with Gasteiger partial charge in [-0.3, -0.25) is 19.4 Å². The number of hydrogen-bond acceptors (Lipinski definition) is 5. The maximum Gasteiger partial charge on any atom is 0.325 e. The van der Waals surface area contributed by atoms with Gasteiger partial charge in [0.05, 0.1) is 11.6 Å². The number of rotatable bonds is 3. The molecule has 128 valence electrons. The fourth-order valence-electron chi connectivity index (χ4n) is 2.87. The third kappa shape index (κ3) is 2.67. The predicted octanol–water partition coefficient (Wildman–Crippen LogP) is -0.123. The van der Waals surface area contributed by atoms with Crippen LogP contribution in [0.4, 0.5) is 9.59 Å². The molecule has 9 heteroatoms. The van der Waals surface area contributed by atoms with E-state index < -0.39 is 36.0 Å². The van der Waals surface area contributed by atoms with Crippen molar-refractivity contribution in [1.29, 1.82) is 5.26 Å².